The summed E-state index contributed by atoms with van der Waals surface area (Å²) in [5.74, 6) is -0.147. The number of phenolic OH excluding ortho intramolecular Hbond substituents is 1. The van der Waals surface area contributed by atoms with Crippen molar-refractivity contribution in [1.29, 1.82) is 0 Å². The van der Waals surface area contributed by atoms with Gasteiger partial charge in [0.25, 0.3) is 11.1 Å². The highest BCUT2D eigenvalue weighted by Gasteiger charge is 2.35. The van der Waals surface area contributed by atoms with Crippen LogP contribution in [0.5, 0.6) is 11.5 Å². The third-order valence-electron chi connectivity index (χ3n) is 3.86. The number of carbonyl (C=O) groups excluding carboxylic acids is 2. The first-order valence-electron chi connectivity index (χ1n) is 8.15. The fourth-order valence-corrected chi connectivity index (χ4v) is 4.46. The van der Waals surface area contributed by atoms with Gasteiger partial charge in [-0.1, -0.05) is 23.7 Å². The molecule has 2 aromatic rings. The van der Waals surface area contributed by atoms with Crippen molar-refractivity contribution in [2.24, 2.45) is 0 Å². The van der Waals surface area contributed by atoms with Crippen LogP contribution in [0.25, 0.3) is 6.08 Å². The molecular formula is C19H14Br2ClNO4S. The second-order valence-electron chi connectivity index (χ2n) is 5.77. The van der Waals surface area contributed by atoms with Crippen molar-refractivity contribution in [3.05, 3.63) is 60.3 Å². The molecule has 1 heterocycles. The topological polar surface area (TPSA) is 66.8 Å². The first-order valence-corrected chi connectivity index (χ1v) is 10.9. The third kappa shape index (κ3) is 4.40. The van der Waals surface area contributed by atoms with Crippen LogP contribution in [-0.2, 0) is 11.3 Å². The number of imide groups is 1. The van der Waals surface area contributed by atoms with E-state index in [1.54, 1.807) is 43.3 Å². The SMILES string of the molecule is CCOc1cc(/C=C2\SC(=O)N(Cc3cccc(Cl)c3)C2=O)c(Br)c(Br)c1O. The van der Waals surface area contributed by atoms with Gasteiger partial charge in [0.2, 0.25) is 0 Å². The lowest BCUT2D eigenvalue weighted by molar-refractivity contribution is -0.123. The van der Waals surface area contributed by atoms with E-state index in [2.05, 4.69) is 31.9 Å². The minimum Gasteiger partial charge on any atom is -0.503 e. The molecule has 1 N–H and O–H groups in total. The predicted octanol–water partition coefficient (Wildman–Crippen LogP) is 6.21. The van der Waals surface area contributed by atoms with Crippen LogP contribution in [0.15, 0.2) is 44.2 Å². The Kier molecular flexibility index (Phi) is 6.75. The van der Waals surface area contributed by atoms with Crippen LogP contribution >= 0.6 is 55.2 Å². The fourth-order valence-electron chi connectivity index (χ4n) is 2.58. The summed E-state index contributed by atoms with van der Waals surface area (Å²) in [4.78, 5) is 26.6. The molecule has 0 radical (unpaired) electrons. The molecule has 3 rings (SSSR count). The number of phenols is 1. The van der Waals surface area contributed by atoms with Gasteiger partial charge in [0.1, 0.15) is 0 Å². The Hall–Kier alpha value is -1.48. The summed E-state index contributed by atoms with van der Waals surface area (Å²) in [6.45, 7) is 2.32. The van der Waals surface area contributed by atoms with Crippen molar-refractivity contribution in [2.75, 3.05) is 6.61 Å². The molecule has 1 aliphatic rings. The molecule has 0 aliphatic carbocycles. The molecule has 5 nitrogen and oxygen atoms in total. The van der Waals surface area contributed by atoms with Gasteiger partial charge in [-0.2, -0.15) is 0 Å². The van der Waals surface area contributed by atoms with Crippen LogP contribution in [-0.4, -0.2) is 27.8 Å². The van der Waals surface area contributed by atoms with E-state index in [1.807, 2.05) is 0 Å². The van der Waals surface area contributed by atoms with Gasteiger partial charge in [0.05, 0.1) is 22.5 Å². The Morgan fingerprint density at radius 1 is 1.25 bits per heavy atom. The van der Waals surface area contributed by atoms with E-state index in [1.165, 1.54) is 4.90 Å². The Bertz CT molecular complexity index is 996. The van der Waals surface area contributed by atoms with E-state index in [-0.39, 0.29) is 34.1 Å². The Labute approximate surface area is 187 Å². The molecule has 9 heteroatoms. The fraction of sp³-hybridized carbons (Fsp3) is 0.158. The minimum absolute atomic E-state index is 0.0417. The number of hydrogen-bond acceptors (Lipinski definition) is 5. The largest absolute Gasteiger partial charge is 0.503 e. The predicted molar refractivity (Wildman–Crippen MR) is 118 cm³/mol. The van der Waals surface area contributed by atoms with Crippen molar-refractivity contribution >= 4 is 72.4 Å². The van der Waals surface area contributed by atoms with E-state index < -0.39 is 0 Å². The molecule has 0 atom stereocenters. The highest BCUT2D eigenvalue weighted by molar-refractivity contribution is 9.13. The molecule has 0 saturated carbocycles. The van der Waals surface area contributed by atoms with Crippen LogP contribution in [0.2, 0.25) is 5.02 Å². The van der Waals surface area contributed by atoms with Crippen LogP contribution < -0.4 is 4.74 Å². The van der Waals surface area contributed by atoms with E-state index in [9.17, 15) is 14.7 Å². The maximum atomic E-state index is 12.8. The van der Waals surface area contributed by atoms with Crippen LogP contribution in [0.3, 0.4) is 0 Å². The Morgan fingerprint density at radius 2 is 2.00 bits per heavy atom. The highest BCUT2D eigenvalue weighted by Crippen LogP contribution is 2.44. The summed E-state index contributed by atoms with van der Waals surface area (Å²) in [7, 11) is 0. The lowest BCUT2D eigenvalue weighted by atomic mass is 10.1. The van der Waals surface area contributed by atoms with Crippen molar-refractivity contribution in [1.82, 2.24) is 4.90 Å². The van der Waals surface area contributed by atoms with Gasteiger partial charge in [-0.3, -0.25) is 14.5 Å². The zero-order chi connectivity index (χ0) is 20.4. The molecule has 1 fully saturated rings. The maximum absolute atomic E-state index is 12.8. The molecule has 2 aromatic carbocycles. The number of ether oxygens (including phenoxy) is 1. The van der Waals surface area contributed by atoms with Gasteiger partial charge >= 0.3 is 0 Å². The number of aromatic hydroxyl groups is 1. The molecule has 0 unspecified atom stereocenters. The number of rotatable bonds is 5. The summed E-state index contributed by atoms with van der Waals surface area (Å²) >= 11 is 13.5. The third-order valence-corrected chi connectivity index (χ3v) is 7.16. The zero-order valence-corrected chi connectivity index (χ0v) is 19.3. The van der Waals surface area contributed by atoms with E-state index in [0.717, 1.165) is 17.3 Å². The standard InChI is InChI=1S/C19H14Br2ClNO4S/c1-2-27-13-7-11(15(20)16(21)17(13)24)8-14-18(25)23(19(26)28-14)9-10-4-3-5-12(22)6-10/h3-8,24H,2,9H2,1H3/b14-8-. The van der Waals surface area contributed by atoms with Crippen molar-refractivity contribution in [2.45, 2.75) is 13.5 Å². The second-order valence-corrected chi connectivity index (χ2v) is 8.79. The summed E-state index contributed by atoms with van der Waals surface area (Å²) in [6.07, 6.45) is 1.60. The lowest BCUT2D eigenvalue weighted by Gasteiger charge is -2.13. The summed E-state index contributed by atoms with van der Waals surface area (Å²) in [5, 5.41) is 10.3. The lowest BCUT2D eigenvalue weighted by Crippen LogP contribution is -2.27. The summed E-state index contributed by atoms with van der Waals surface area (Å²) in [6, 6.07) is 8.64. The van der Waals surface area contributed by atoms with Gasteiger partial charge in [-0.15, -0.1) is 0 Å². The van der Waals surface area contributed by atoms with Crippen LogP contribution in [0.1, 0.15) is 18.1 Å². The second kappa shape index (κ2) is 8.90. The molecule has 2 amide bonds. The molecule has 0 bridgehead atoms. The Morgan fingerprint density at radius 3 is 2.68 bits per heavy atom. The number of hydrogen-bond donors (Lipinski definition) is 1. The molecular weight excluding hydrogens is 534 g/mol. The Balaban J connectivity index is 1.91. The average molecular weight is 548 g/mol. The summed E-state index contributed by atoms with van der Waals surface area (Å²) in [5.41, 5.74) is 1.37. The number of halogens is 3. The number of thioether (sulfide) groups is 1. The molecule has 0 spiro atoms. The molecule has 1 saturated heterocycles. The quantitative estimate of drug-likeness (QED) is 0.451. The highest BCUT2D eigenvalue weighted by atomic mass is 79.9. The van der Waals surface area contributed by atoms with Gasteiger partial charge in [0, 0.05) is 9.50 Å². The van der Waals surface area contributed by atoms with E-state index in [0.29, 0.717) is 26.1 Å². The first-order chi connectivity index (χ1) is 13.3. The number of carbonyl (C=O) groups is 2. The molecule has 146 valence electrons. The van der Waals surface area contributed by atoms with Crippen molar-refractivity contribution in [3.63, 3.8) is 0 Å². The van der Waals surface area contributed by atoms with Crippen molar-refractivity contribution < 1.29 is 19.4 Å². The average Bonchev–Trinajstić information content (AvgIpc) is 2.91. The smallest absolute Gasteiger partial charge is 0.293 e. The normalized spacial score (nSPS) is 15.6. The molecule has 28 heavy (non-hydrogen) atoms. The van der Waals surface area contributed by atoms with E-state index in [4.69, 9.17) is 16.3 Å². The van der Waals surface area contributed by atoms with Crippen LogP contribution in [0, 0.1) is 0 Å². The monoisotopic (exact) mass is 545 g/mol. The van der Waals surface area contributed by atoms with Gasteiger partial charge in [0.15, 0.2) is 11.5 Å². The summed E-state index contributed by atoms with van der Waals surface area (Å²) < 4.78 is 6.38. The van der Waals surface area contributed by atoms with E-state index >= 15 is 0 Å². The van der Waals surface area contributed by atoms with Crippen molar-refractivity contribution in [3.8, 4) is 11.5 Å². The maximum Gasteiger partial charge on any atom is 0.293 e. The number of amides is 2. The molecule has 1 aliphatic heterocycles. The van der Waals surface area contributed by atoms with Gasteiger partial charge < -0.3 is 9.84 Å². The number of nitrogens with zero attached hydrogens (tertiary/aromatic N) is 1. The van der Waals surface area contributed by atoms with Gasteiger partial charge in [-0.05, 0) is 85.9 Å². The minimum atomic E-state index is -0.385. The zero-order valence-electron chi connectivity index (χ0n) is 14.5. The number of benzene rings is 2. The molecule has 0 aromatic heterocycles. The van der Waals surface area contributed by atoms with Gasteiger partial charge in [-0.25, -0.2) is 0 Å². The van der Waals surface area contributed by atoms with Crippen LogP contribution in [0.4, 0.5) is 4.79 Å². The first kappa shape index (κ1) is 21.2.